The van der Waals surface area contributed by atoms with Crippen molar-refractivity contribution in [2.24, 2.45) is 0 Å². The van der Waals surface area contributed by atoms with Crippen molar-refractivity contribution in [2.45, 2.75) is 19.0 Å². The molecule has 9 heteroatoms. The molecule has 6 nitrogen and oxygen atoms in total. The SMILES string of the molecule is CCS(=O)(=O)c1ncc(Br)c(C(=O)Nc2ccc(C)c(Cl)c2)n1. The first kappa shape index (κ1) is 17.8. The second-order valence-electron chi connectivity index (χ2n) is 4.67. The van der Waals surface area contributed by atoms with Gasteiger partial charge in [-0.05, 0) is 40.5 Å². The number of rotatable bonds is 4. The van der Waals surface area contributed by atoms with Crippen LogP contribution in [0.2, 0.25) is 5.02 Å². The molecule has 0 aliphatic rings. The molecule has 122 valence electrons. The number of carbonyl (C=O) groups excluding carboxylic acids is 1. The molecular weight excluding hydrogens is 406 g/mol. The van der Waals surface area contributed by atoms with E-state index in [1.165, 1.54) is 13.1 Å². The van der Waals surface area contributed by atoms with Gasteiger partial charge in [-0.3, -0.25) is 4.79 Å². The molecule has 1 aromatic carbocycles. The molecule has 1 N–H and O–H groups in total. The summed E-state index contributed by atoms with van der Waals surface area (Å²) in [5.74, 6) is -0.713. The minimum absolute atomic E-state index is 0.0660. The maximum atomic E-state index is 12.3. The zero-order valence-corrected chi connectivity index (χ0v) is 15.5. The van der Waals surface area contributed by atoms with E-state index in [0.29, 0.717) is 15.2 Å². The first-order chi connectivity index (χ1) is 10.7. The zero-order chi connectivity index (χ0) is 17.2. The normalized spacial score (nSPS) is 11.3. The fourth-order valence-corrected chi connectivity index (χ4v) is 2.90. The Hall–Kier alpha value is -1.51. The van der Waals surface area contributed by atoms with Crippen LogP contribution in [0, 0.1) is 6.92 Å². The number of hydrogen-bond acceptors (Lipinski definition) is 5. The maximum Gasteiger partial charge on any atom is 0.275 e. The Bertz CT molecular complexity index is 872. The molecule has 0 aliphatic heterocycles. The van der Waals surface area contributed by atoms with Crippen molar-refractivity contribution < 1.29 is 13.2 Å². The van der Waals surface area contributed by atoms with E-state index in [1.807, 2.05) is 6.92 Å². The highest BCUT2D eigenvalue weighted by Gasteiger charge is 2.20. The van der Waals surface area contributed by atoms with Crippen LogP contribution in [0.1, 0.15) is 23.0 Å². The molecule has 0 fully saturated rings. The number of benzene rings is 1. The lowest BCUT2D eigenvalue weighted by Gasteiger charge is -2.08. The van der Waals surface area contributed by atoms with Gasteiger partial charge < -0.3 is 5.32 Å². The molecule has 0 aliphatic carbocycles. The Morgan fingerprint density at radius 2 is 2.09 bits per heavy atom. The smallest absolute Gasteiger partial charge is 0.275 e. The molecule has 2 aromatic rings. The van der Waals surface area contributed by atoms with Gasteiger partial charge in [0.1, 0.15) is 5.69 Å². The lowest BCUT2D eigenvalue weighted by molar-refractivity contribution is 0.102. The molecule has 0 unspecified atom stereocenters. The van der Waals surface area contributed by atoms with Crippen molar-refractivity contribution in [1.29, 1.82) is 0 Å². The number of aromatic nitrogens is 2. The van der Waals surface area contributed by atoms with Crippen LogP contribution in [0.5, 0.6) is 0 Å². The Labute approximate surface area is 147 Å². The first-order valence-corrected chi connectivity index (χ1v) is 9.39. The van der Waals surface area contributed by atoms with Crippen LogP contribution in [-0.4, -0.2) is 30.0 Å². The van der Waals surface area contributed by atoms with Crippen LogP contribution in [0.4, 0.5) is 5.69 Å². The van der Waals surface area contributed by atoms with Crippen molar-refractivity contribution >= 4 is 49.0 Å². The van der Waals surface area contributed by atoms with Crippen molar-refractivity contribution in [3.8, 4) is 0 Å². The van der Waals surface area contributed by atoms with Crippen LogP contribution in [0.15, 0.2) is 34.0 Å². The highest BCUT2D eigenvalue weighted by atomic mass is 79.9. The van der Waals surface area contributed by atoms with Gasteiger partial charge in [-0.1, -0.05) is 24.6 Å². The summed E-state index contributed by atoms with van der Waals surface area (Å²) >= 11 is 9.17. The summed E-state index contributed by atoms with van der Waals surface area (Å²) in [5, 5.41) is 2.76. The van der Waals surface area contributed by atoms with E-state index in [1.54, 1.807) is 18.2 Å². The monoisotopic (exact) mass is 417 g/mol. The summed E-state index contributed by atoms with van der Waals surface area (Å²) in [6.45, 7) is 3.33. The van der Waals surface area contributed by atoms with Gasteiger partial charge in [-0.2, -0.15) is 0 Å². The number of halogens is 2. The second kappa shape index (κ2) is 6.94. The van der Waals surface area contributed by atoms with Crippen LogP contribution < -0.4 is 5.32 Å². The molecule has 1 amide bonds. The number of aryl methyl sites for hydroxylation is 1. The topological polar surface area (TPSA) is 89.0 Å². The number of nitrogens with one attached hydrogen (secondary N) is 1. The predicted molar refractivity (Wildman–Crippen MR) is 91.6 cm³/mol. The van der Waals surface area contributed by atoms with Gasteiger partial charge in [-0.15, -0.1) is 0 Å². The molecule has 0 saturated carbocycles. The summed E-state index contributed by atoms with van der Waals surface area (Å²) in [6.07, 6.45) is 1.24. The fraction of sp³-hybridized carbons (Fsp3) is 0.214. The lowest BCUT2D eigenvalue weighted by atomic mass is 10.2. The summed E-state index contributed by atoms with van der Waals surface area (Å²) in [7, 11) is -3.60. The third-order valence-electron chi connectivity index (χ3n) is 3.02. The van der Waals surface area contributed by atoms with Gasteiger partial charge in [0.15, 0.2) is 0 Å². The van der Waals surface area contributed by atoms with Gasteiger partial charge >= 0.3 is 0 Å². The highest BCUT2D eigenvalue weighted by Crippen LogP contribution is 2.22. The van der Waals surface area contributed by atoms with Gasteiger partial charge in [0.05, 0.1) is 10.2 Å². The molecule has 2 rings (SSSR count). The van der Waals surface area contributed by atoms with E-state index >= 15 is 0 Å². The summed E-state index contributed by atoms with van der Waals surface area (Å²) in [5.41, 5.74) is 1.30. The Balaban J connectivity index is 2.35. The minimum atomic E-state index is -3.60. The average molecular weight is 419 g/mol. The summed E-state index contributed by atoms with van der Waals surface area (Å²) < 4.78 is 24.0. The molecule has 23 heavy (non-hydrogen) atoms. The molecule has 0 spiro atoms. The van der Waals surface area contributed by atoms with E-state index in [0.717, 1.165) is 5.56 Å². The number of carbonyl (C=O) groups is 1. The Kier molecular flexibility index (Phi) is 5.38. The Morgan fingerprint density at radius 3 is 2.70 bits per heavy atom. The number of anilines is 1. The number of hydrogen-bond donors (Lipinski definition) is 1. The summed E-state index contributed by atoms with van der Waals surface area (Å²) in [4.78, 5) is 19.9. The first-order valence-electron chi connectivity index (χ1n) is 6.57. The van der Waals surface area contributed by atoms with Crippen LogP contribution >= 0.6 is 27.5 Å². The van der Waals surface area contributed by atoms with E-state index in [-0.39, 0.29) is 16.6 Å². The largest absolute Gasteiger partial charge is 0.321 e. The number of sulfone groups is 1. The van der Waals surface area contributed by atoms with Crippen LogP contribution in [-0.2, 0) is 9.84 Å². The average Bonchev–Trinajstić information content (AvgIpc) is 2.51. The van der Waals surface area contributed by atoms with Gasteiger partial charge in [-0.25, -0.2) is 18.4 Å². The molecule has 0 radical (unpaired) electrons. The molecule has 0 saturated heterocycles. The molecule has 0 atom stereocenters. The second-order valence-corrected chi connectivity index (χ2v) is 8.10. The standard InChI is InChI=1S/C14H13BrClN3O3S/c1-3-23(21,22)14-17-7-10(15)12(19-14)13(20)18-9-5-4-8(2)11(16)6-9/h4-7H,3H2,1-2H3,(H,18,20). The fourth-order valence-electron chi connectivity index (χ4n) is 1.65. The van der Waals surface area contributed by atoms with Crippen LogP contribution in [0.25, 0.3) is 0 Å². The van der Waals surface area contributed by atoms with Crippen molar-refractivity contribution in [2.75, 3.05) is 11.1 Å². The predicted octanol–water partition coefficient (Wildman–Crippen LogP) is 3.25. The Morgan fingerprint density at radius 1 is 1.39 bits per heavy atom. The van der Waals surface area contributed by atoms with E-state index in [2.05, 4.69) is 31.2 Å². The van der Waals surface area contributed by atoms with Crippen molar-refractivity contribution in [3.05, 3.63) is 45.1 Å². The van der Waals surface area contributed by atoms with Crippen LogP contribution in [0.3, 0.4) is 0 Å². The van der Waals surface area contributed by atoms with Gasteiger partial charge in [0, 0.05) is 16.9 Å². The van der Waals surface area contributed by atoms with Gasteiger partial charge in [0.25, 0.3) is 5.91 Å². The van der Waals surface area contributed by atoms with Crippen molar-refractivity contribution in [3.63, 3.8) is 0 Å². The molecule has 1 heterocycles. The van der Waals surface area contributed by atoms with Gasteiger partial charge in [0.2, 0.25) is 15.0 Å². The highest BCUT2D eigenvalue weighted by molar-refractivity contribution is 9.10. The third-order valence-corrected chi connectivity index (χ3v) is 5.53. The maximum absolute atomic E-state index is 12.3. The van der Waals surface area contributed by atoms with E-state index < -0.39 is 15.7 Å². The van der Waals surface area contributed by atoms with E-state index in [4.69, 9.17) is 11.6 Å². The van der Waals surface area contributed by atoms with E-state index in [9.17, 15) is 13.2 Å². The lowest BCUT2D eigenvalue weighted by Crippen LogP contribution is -2.18. The zero-order valence-electron chi connectivity index (χ0n) is 12.3. The minimum Gasteiger partial charge on any atom is -0.321 e. The molecule has 1 aromatic heterocycles. The quantitative estimate of drug-likeness (QED) is 0.770. The molecule has 0 bridgehead atoms. The molecular formula is C14H13BrClN3O3S. The third kappa shape index (κ3) is 4.07. The number of nitrogens with zero attached hydrogens (tertiary/aromatic N) is 2. The van der Waals surface area contributed by atoms with Crippen molar-refractivity contribution in [1.82, 2.24) is 9.97 Å². The number of amides is 1. The summed E-state index contributed by atoms with van der Waals surface area (Å²) in [6, 6.07) is 5.06.